The number of piperazine rings is 1. The lowest BCUT2D eigenvalue weighted by Crippen LogP contribution is -2.50. The molecule has 1 heterocycles. The summed E-state index contributed by atoms with van der Waals surface area (Å²) in [4.78, 5) is 14.7. The van der Waals surface area contributed by atoms with Gasteiger partial charge in [-0.15, -0.1) is 0 Å². The summed E-state index contributed by atoms with van der Waals surface area (Å²) in [5.74, 6) is 0.344. The zero-order chi connectivity index (χ0) is 22.1. The van der Waals surface area contributed by atoms with E-state index in [1.165, 1.54) is 9.71 Å². The van der Waals surface area contributed by atoms with Crippen LogP contribution in [0.25, 0.3) is 6.08 Å². The molecule has 1 fully saturated rings. The van der Waals surface area contributed by atoms with Gasteiger partial charge in [-0.1, -0.05) is 42.5 Å². The Morgan fingerprint density at radius 2 is 1.65 bits per heavy atom. The maximum Gasteiger partial charge on any atom is 0.257 e. The van der Waals surface area contributed by atoms with Crippen LogP contribution < -0.4 is 4.74 Å². The summed E-state index contributed by atoms with van der Waals surface area (Å²) in [6, 6.07) is 16.4. The molecule has 7 nitrogen and oxygen atoms in total. The first-order valence-corrected chi connectivity index (χ1v) is 11.8. The number of ether oxygens (including phenoxy) is 2. The van der Waals surface area contributed by atoms with Crippen LogP contribution in [0.3, 0.4) is 0 Å². The highest BCUT2D eigenvalue weighted by Crippen LogP contribution is 2.21. The number of amides is 1. The van der Waals surface area contributed by atoms with Gasteiger partial charge < -0.3 is 14.4 Å². The van der Waals surface area contributed by atoms with Crippen LogP contribution in [-0.2, 0) is 14.8 Å². The lowest BCUT2D eigenvalue weighted by atomic mass is 10.1. The monoisotopic (exact) mass is 444 g/mol. The van der Waals surface area contributed by atoms with Crippen molar-refractivity contribution in [3.8, 4) is 5.75 Å². The number of hydrogen-bond donors (Lipinski definition) is 0. The lowest BCUT2D eigenvalue weighted by molar-refractivity contribution is 0.0689. The van der Waals surface area contributed by atoms with Crippen LogP contribution in [0.2, 0.25) is 0 Å². The highest BCUT2D eigenvalue weighted by molar-refractivity contribution is 7.92. The predicted molar refractivity (Wildman–Crippen MR) is 120 cm³/mol. The van der Waals surface area contributed by atoms with Gasteiger partial charge in [0.15, 0.2) is 0 Å². The molecule has 3 rings (SSSR count). The van der Waals surface area contributed by atoms with Gasteiger partial charge in [0.2, 0.25) is 10.0 Å². The SMILES string of the molecule is CCOCCOc1ccccc1C(=O)N1CCN(S(=O)(=O)/C=C/c2ccccc2)CC1. The molecule has 0 saturated carbocycles. The minimum Gasteiger partial charge on any atom is -0.490 e. The van der Waals surface area contributed by atoms with E-state index < -0.39 is 10.0 Å². The molecule has 1 aliphatic heterocycles. The van der Waals surface area contributed by atoms with E-state index in [4.69, 9.17) is 9.47 Å². The first-order valence-electron chi connectivity index (χ1n) is 10.3. The molecule has 0 N–H and O–H groups in total. The Morgan fingerprint density at radius 3 is 2.35 bits per heavy atom. The molecule has 0 atom stereocenters. The highest BCUT2D eigenvalue weighted by Gasteiger charge is 2.28. The lowest BCUT2D eigenvalue weighted by Gasteiger charge is -2.33. The molecule has 0 radical (unpaired) electrons. The van der Waals surface area contributed by atoms with Gasteiger partial charge in [0.25, 0.3) is 5.91 Å². The standard InChI is InChI=1S/C23H28N2O5S/c1-2-29-17-18-30-22-11-7-6-10-21(22)23(26)24-13-15-25(16-14-24)31(27,28)19-12-20-8-4-3-5-9-20/h3-12,19H,2,13-18H2,1H3/b19-12+. The van der Waals surface area contributed by atoms with E-state index >= 15 is 0 Å². The van der Waals surface area contributed by atoms with Gasteiger partial charge in [-0.2, -0.15) is 4.31 Å². The van der Waals surface area contributed by atoms with Crippen molar-refractivity contribution in [3.05, 3.63) is 71.1 Å². The third-order valence-electron chi connectivity index (χ3n) is 4.92. The summed E-state index contributed by atoms with van der Waals surface area (Å²) in [6.45, 7) is 4.48. The Balaban J connectivity index is 1.59. The maximum atomic E-state index is 13.0. The zero-order valence-corrected chi connectivity index (χ0v) is 18.5. The number of carbonyl (C=O) groups is 1. The third-order valence-corrected chi connectivity index (χ3v) is 6.49. The molecule has 0 aliphatic carbocycles. The van der Waals surface area contributed by atoms with Crippen LogP contribution in [0.1, 0.15) is 22.8 Å². The van der Waals surface area contributed by atoms with Crippen LogP contribution in [-0.4, -0.2) is 69.5 Å². The van der Waals surface area contributed by atoms with Crippen molar-refractivity contribution in [2.75, 3.05) is 46.0 Å². The van der Waals surface area contributed by atoms with Gasteiger partial charge in [0, 0.05) is 38.2 Å². The molecule has 0 unspecified atom stereocenters. The van der Waals surface area contributed by atoms with Crippen molar-refractivity contribution in [1.82, 2.24) is 9.21 Å². The predicted octanol–water partition coefficient (Wildman–Crippen LogP) is 2.86. The molecular weight excluding hydrogens is 416 g/mol. The fourth-order valence-corrected chi connectivity index (χ4v) is 4.43. The Labute approximate surface area is 183 Å². The van der Waals surface area contributed by atoms with E-state index in [-0.39, 0.29) is 19.0 Å². The van der Waals surface area contributed by atoms with E-state index in [1.54, 1.807) is 29.2 Å². The average Bonchev–Trinajstić information content (AvgIpc) is 2.81. The van der Waals surface area contributed by atoms with Crippen LogP contribution in [0.15, 0.2) is 60.0 Å². The normalized spacial score (nSPS) is 15.3. The van der Waals surface area contributed by atoms with E-state index in [0.717, 1.165) is 5.56 Å². The van der Waals surface area contributed by atoms with Crippen molar-refractivity contribution in [1.29, 1.82) is 0 Å². The van der Waals surface area contributed by atoms with E-state index in [1.807, 2.05) is 43.3 Å². The van der Waals surface area contributed by atoms with Gasteiger partial charge >= 0.3 is 0 Å². The zero-order valence-electron chi connectivity index (χ0n) is 17.6. The molecule has 0 aromatic heterocycles. The first-order chi connectivity index (χ1) is 15.0. The number of sulfonamides is 1. The van der Waals surface area contributed by atoms with E-state index in [9.17, 15) is 13.2 Å². The molecule has 0 spiro atoms. The van der Waals surface area contributed by atoms with Crippen molar-refractivity contribution in [2.45, 2.75) is 6.92 Å². The van der Waals surface area contributed by atoms with E-state index in [2.05, 4.69) is 0 Å². The summed E-state index contributed by atoms with van der Waals surface area (Å²) in [5, 5.41) is 1.22. The summed E-state index contributed by atoms with van der Waals surface area (Å²) in [7, 11) is -3.54. The molecule has 31 heavy (non-hydrogen) atoms. The van der Waals surface area contributed by atoms with Crippen molar-refractivity contribution >= 4 is 22.0 Å². The Morgan fingerprint density at radius 1 is 0.968 bits per heavy atom. The summed E-state index contributed by atoms with van der Waals surface area (Å²) in [6.07, 6.45) is 1.59. The Hall–Kier alpha value is -2.68. The van der Waals surface area contributed by atoms with Crippen LogP contribution in [0, 0.1) is 0 Å². The summed E-state index contributed by atoms with van der Waals surface area (Å²) >= 11 is 0. The molecule has 2 aromatic rings. The van der Waals surface area contributed by atoms with Gasteiger partial charge in [-0.25, -0.2) is 8.42 Å². The number of benzene rings is 2. The van der Waals surface area contributed by atoms with E-state index in [0.29, 0.717) is 44.2 Å². The molecule has 1 aliphatic rings. The number of para-hydroxylation sites is 1. The largest absolute Gasteiger partial charge is 0.490 e. The molecular formula is C23H28N2O5S. The van der Waals surface area contributed by atoms with Gasteiger partial charge in [0.05, 0.1) is 12.2 Å². The summed E-state index contributed by atoms with van der Waals surface area (Å²) in [5.41, 5.74) is 1.29. The smallest absolute Gasteiger partial charge is 0.257 e. The number of carbonyl (C=O) groups excluding carboxylic acids is 1. The van der Waals surface area contributed by atoms with Crippen LogP contribution in [0.5, 0.6) is 5.75 Å². The fourth-order valence-electron chi connectivity index (χ4n) is 3.25. The number of hydrogen-bond acceptors (Lipinski definition) is 5. The second-order valence-corrected chi connectivity index (χ2v) is 8.81. The van der Waals surface area contributed by atoms with Gasteiger partial charge in [-0.3, -0.25) is 4.79 Å². The van der Waals surface area contributed by atoms with Crippen LogP contribution >= 0.6 is 0 Å². The number of nitrogens with zero attached hydrogens (tertiary/aromatic N) is 2. The molecule has 8 heteroatoms. The minimum absolute atomic E-state index is 0.163. The van der Waals surface area contributed by atoms with Crippen LogP contribution in [0.4, 0.5) is 0 Å². The van der Waals surface area contributed by atoms with Crippen molar-refractivity contribution < 1.29 is 22.7 Å². The maximum absolute atomic E-state index is 13.0. The second-order valence-electron chi connectivity index (χ2n) is 6.99. The Kier molecular flexibility index (Phi) is 8.22. The molecule has 2 aromatic carbocycles. The molecule has 166 valence electrons. The topological polar surface area (TPSA) is 76.2 Å². The first kappa shape index (κ1) is 23.0. The fraction of sp³-hybridized carbons (Fsp3) is 0.348. The number of rotatable bonds is 9. The average molecular weight is 445 g/mol. The Bertz CT molecular complexity index is 984. The molecule has 1 amide bonds. The molecule has 1 saturated heterocycles. The van der Waals surface area contributed by atoms with Crippen molar-refractivity contribution in [3.63, 3.8) is 0 Å². The highest BCUT2D eigenvalue weighted by atomic mass is 32.2. The summed E-state index contributed by atoms with van der Waals surface area (Å²) < 4.78 is 37.7. The van der Waals surface area contributed by atoms with Gasteiger partial charge in [0.1, 0.15) is 12.4 Å². The quantitative estimate of drug-likeness (QED) is 0.556. The third kappa shape index (κ3) is 6.40. The van der Waals surface area contributed by atoms with Gasteiger partial charge in [-0.05, 0) is 30.7 Å². The van der Waals surface area contributed by atoms with Crippen molar-refractivity contribution in [2.24, 2.45) is 0 Å². The molecule has 0 bridgehead atoms. The second kappa shape index (κ2) is 11.1. The minimum atomic E-state index is -3.54.